The molecule has 4 nitrogen and oxygen atoms in total. The van der Waals surface area contributed by atoms with E-state index in [1.54, 1.807) is 13.8 Å². The molecule has 0 aliphatic carbocycles. The summed E-state index contributed by atoms with van der Waals surface area (Å²) in [6, 6.07) is 3.65. The number of rotatable bonds is 5. The molecule has 1 aliphatic heterocycles. The second-order valence-corrected chi connectivity index (χ2v) is 9.09. The maximum atomic E-state index is 13.8. The monoisotopic (exact) mass is 332 g/mol. The van der Waals surface area contributed by atoms with Gasteiger partial charge in [0.1, 0.15) is 11.6 Å². The van der Waals surface area contributed by atoms with Crippen LogP contribution in [0.15, 0.2) is 18.2 Å². The molecule has 0 aromatic heterocycles. The Bertz CT molecular complexity index is 647. The van der Waals surface area contributed by atoms with Crippen molar-refractivity contribution < 1.29 is 17.2 Å². The zero-order valence-electron chi connectivity index (χ0n) is 13.1. The minimum Gasteiger partial charge on any atom is -0.368 e. The first-order valence-corrected chi connectivity index (χ1v) is 9.12. The Kier molecular flexibility index (Phi) is 4.77. The lowest BCUT2D eigenvalue weighted by atomic mass is 10.2. The summed E-state index contributed by atoms with van der Waals surface area (Å²) in [7, 11) is -3.15. The van der Waals surface area contributed by atoms with E-state index in [-0.39, 0.29) is 6.04 Å². The molecule has 1 fully saturated rings. The zero-order chi connectivity index (χ0) is 16.5. The minimum absolute atomic E-state index is 0.0884. The quantitative estimate of drug-likeness (QED) is 0.895. The molecule has 0 saturated carbocycles. The molecule has 0 spiro atoms. The van der Waals surface area contributed by atoms with Gasteiger partial charge in [0.2, 0.25) is 0 Å². The highest BCUT2D eigenvalue weighted by Crippen LogP contribution is 2.24. The highest BCUT2D eigenvalue weighted by Gasteiger charge is 2.32. The fourth-order valence-electron chi connectivity index (χ4n) is 2.40. The van der Waals surface area contributed by atoms with E-state index in [4.69, 9.17) is 0 Å². The van der Waals surface area contributed by atoms with E-state index in [1.165, 1.54) is 18.4 Å². The normalized spacial score (nSPS) is 19.7. The highest BCUT2D eigenvalue weighted by atomic mass is 32.2. The van der Waals surface area contributed by atoms with Crippen molar-refractivity contribution in [3.05, 3.63) is 29.8 Å². The van der Waals surface area contributed by atoms with Gasteiger partial charge in [0.25, 0.3) is 0 Å². The third-order valence-electron chi connectivity index (χ3n) is 4.26. The Labute approximate surface area is 130 Å². The van der Waals surface area contributed by atoms with Crippen molar-refractivity contribution in [3.8, 4) is 0 Å². The first kappa shape index (κ1) is 17.1. The molecular weight excluding hydrogens is 310 g/mol. The van der Waals surface area contributed by atoms with Crippen LogP contribution >= 0.6 is 0 Å². The van der Waals surface area contributed by atoms with E-state index in [0.717, 1.165) is 12.5 Å². The van der Waals surface area contributed by atoms with Gasteiger partial charge in [-0.3, -0.25) is 0 Å². The topological polar surface area (TPSA) is 49.4 Å². The van der Waals surface area contributed by atoms with E-state index >= 15 is 0 Å². The highest BCUT2D eigenvalue weighted by molar-refractivity contribution is 7.92. The van der Waals surface area contributed by atoms with Gasteiger partial charge in [0, 0.05) is 38.0 Å². The fourth-order valence-corrected chi connectivity index (χ4v) is 2.75. The lowest BCUT2D eigenvalue weighted by molar-refractivity contribution is 0.480. The third kappa shape index (κ3) is 3.76. The van der Waals surface area contributed by atoms with Crippen molar-refractivity contribution in [2.24, 2.45) is 0 Å². The SMILES string of the molecule is CC(C)(CNC1CCN(c2ccc(F)cc2F)C1)S(C)(=O)=O. The number of nitrogens with one attached hydrogen (secondary N) is 1. The Morgan fingerprint density at radius 3 is 2.64 bits per heavy atom. The maximum Gasteiger partial charge on any atom is 0.153 e. The summed E-state index contributed by atoms with van der Waals surface area (Å²) < 4.78 is 49.3. The molecule has 1 atom stereocenters. The predicted molar refractivity (Wildman–Crippen MR) is 83.9 cm³/mol. The molecule has 1 aromatic rings. The summed E-state index contributed by atoms with van der Waals surface area (Å²) in [4.78, 5) is 1.85. The van der Waals surface area contributed by atoms with Crippen molar-refractivity contribution >= 4 is 15.5 Å². The number of halogens is 2. The smallest absolute Gasteiger partial charge is 0.153 e. The van der Waals surface area contributed by atoms with Gasteiger partial charge >= 0.3 is 0 Å². The summed E-state index contributed by atoms with van der Waals surface area (Å²) >= 11 is 0. The molecule has 0 bridgehead atoms. The molecule has 1 saturated heterocycles. The van der Waals surface area contributed by atoms with E-state index in [2.05, 4.69) is 5.32 Å². The van der Waals surface area contributed by atoms with Crippen LogP contribution < -0.4 is 10.2 Å². The van der Waals surface area contributed by atoms with Gasteiger partial charge < -0.3 is 10.2 Å². The van der Waals surface area contributed by atoms with Gasteiger partial charge in [-0.25, -0.2) is 17.2 Å². The van der Waals surface area contributed by atoms with Crippen LogP contribution in [0.3, 0.4) is 0 Å². The zero-order valence-corrected chi connectivity index (χ0v) is 13.9. The summed E-state index contributed by atoms with van der Waals surface area (Å²) in [5, 5.41) is 3.24. The number of sulfone groups is 1. The molecule has 1 aromatic carbocycles. The maximum absolute atomic E-state index is 13.8. The number of hydrogen-bond acceptors (Lipinski definition) is 4. The molecule has 1 N–H and O–H groups in total. The lowest BCUT2D eigenvalue weighted by Gasteiger charge is -2.25. The lowest BCUT2D eigenvalue weighted by Crippen LogP contribution is -2.46. The molecule has 1 aliphatic rings. The third-order valence-corrected chi connectivity index (χ3v) is 6.41. The van der Waals surface area contributed by atoms with Crippen LogP contribution in [0, 0.1) is 11.6 Å². The standard InChI is InChI=1S/C15H22F2N2O2S/c1-15(2,22(3,20)21)10-18-12-6-7-19(9-12)14-5-4-11(16)8-13(14)17/h4-5,8,12,18H,6-7,9-10H2,1-3H3. The summed E-state index contributed by atoms with van der Waals surface area (Å²) in [6.45, 7) is 4.93. The Morgan fingerprint density at radius 1 is 1.36 bits per heavy atom. The van der Waals surface area contributed by atoms with Crippen LogP contribution in [0.25, 0.3) is 0 Å². The number of benzene rings is 1. The van der Waals surface area contributed by atoms with Crippen molar-refractivity contribution in [2.45, 2.75) is 31.1 Å². The summed E-state index contributed by atoms with van der Waals surface area (Å²) in [5.41, 5.74) is 0.382. The molecule has 0 radical (unpaired) electrons. The van der Waals surface area contributed by atoms with Crippen LogP contribution in [-0.4, -0.2) is 45.1 Å². The van der Waals surface area contributed by atoms with Crippen LogP contribution in [0.5, 0.6) is 0 Å². The number of hydrogen-bond donors (Lipinski definition) is 1. The van der Waals surface area contributed by atoms with E-state index < -0.39 is 26.2 Å². The first-order valence-electron chi connectivity index (χ1n) is 7.23. The average molecular weight is 332 g/mol. The van der Waals surface area contributed by atoms with Crippen molar-refractivity contribution in [1.29, 1.82) is 0 Å². The fraction of sp³-hybridized carbons (Fsp3) is 0.600. The van der Waals surface area contributed by atoms with Crippen LogP contribution in [0.4, 0.5) is 14.5 Å². The Hall–Kier alpha value is -1.21. The van der Waals surface area contributed by atoms with Gasteiger partial charge in [-0.15, -0.1) is 0 Å². The second kappa shape index (κ2) is 6.12. The average Bonchev–Trinajstić information content (AvgIpc) is 2.83. The van der Waals surface area contributed by atoms with Gasteiger partial charge in [-0.05, 0) is 32.4 Å². The summed E-state index contributed by atoms with van der Waals surface area (Å²) in [5.74, 6) is -1.16. The molecule has 2 rings (SSSR count). The molecule has 22 heavy (non-hydrogen) atoms. The van der Waals surface area contributed by atoms with E-state index in [9.17, 15) is 17.2 Å². The first-order chi connectivity index (χ1) is 10.1. The van der Waals surface area contributed by atoms with Gasteiger partial charge in [-0.1, -0.05) is 0 Å². The second-order valence-electron chi connectivity index (χ2n) is 6.44. The number of nitrogens with zero attached hydrogens (tertiary/aromatic N) is 1. The minimum atomic E-state index is -3.15. The Balaban J connectivity index is 1.96. The van der Waals surface area contributed by atoms with Crippen LogP contribution in [-0.2, 0) is 9.84 Å². The number of anilines is 1. The van der Waals surface area contributed by atoms with Crippen LogP contribution in [0.2, 0.25) is 0 Å². The molecule has 1 heterocycles. The van der Waals surface area contributed by atoms with E-state index in [1.807, 2.05) is 4.90 Å². The summed E-state index contributed by atoms with van der Waals surface area (Å²) in [6.07, 6.45) is 2.01. The predicted octanol–water partition coefficient (Wildman–Crippen LogP) is 1.96. The van der Waals surface area contributed by atoms with E-state index in [0.29, 0.717) is 25.3 Å². The van der Waals surface area contributed by atoms with Crippen molar-refractivity contribution in [2.75, 3.05) is 30.8 Å². The van der Waals surface area contributed by atoms with Gasteiger partial charge in [0.05, 0.1) is 10.4 Å². The van der Waals surface area contributed by atoms with Crippen molar-refractivity contribution in [3.63, 3.8) is 0 Å². The molecule has 124 valence electrons. The molecule has 0 amide bonds. The molecular formula is C15H22F2N2O2S. The van der Waals surface area contributed by atoms with Crippen molar-refractivity contribution in [1.82, 2.24) is 5.32 Å². The molecule has 1 unspecified atom stereocenters. The largest absolute Gasteiger partial charge is 0.368 e. The Morgan fingerprint density at radius 2 is 2.05 bits per heavy atom. The van der Waals surface area contributed by atoms with Gasteiger partial charge in [0.15, 0.2) is 9.84 Å². The van der Waals surface area contributed by atoms with Gasteiger partial charge in [-0.2, -0.15) is 0 Å². The molecule has 7 heteroatoms. The van der Waals surface area contributed by atoms with Crippen LogP contribution in [0.1, 0.15) is 20.3 Å².